The highest BCUT2D eigenvalue weighted by Crippen LogP contribution is 2.43. The molecule has 0 unspecified atom stereocenters. The average molecular weight is 406 g/mol. The van der Waals surface area contributed by atoms with Crippen LogP contribution in [0.2, 0.25) is 0 Å². The van der Waals surface area contributed by atoms with Crippen LogP contribution in [0.5, 0.6) is 0 Å². The number of benzene rings is 6. The van der Waals surface area contributed by atoms with Gasteiger partial charge in [-0.15, -0.1) is 0 Å². The van der Waals surface area contributed by atoms with Gasteiger partial charge >= 0.3 is 0 Å². The monoisotopic (exact) mass is 406 g/mol. The molecule has 6 aromatic carbocycles. The van der Waals surface area contributed by atoms with Crippen LogP contribution in [0.15, 0.2) is 97.1 Å². The van der Waals surface area contributed by atoms with E-state index in [1.807, 2.05) is 0 Å². The largest absolute Gasteiger partial charge is 0.354 e. The smallest absolute Gasteiger partial charge is 0.0471 e. The van der Waals surface area contributed by atoms with Crippen molar-refractivity contribution in [2.75, 3.05) is 0 Å². The van der Waals surface area contributed by atoms with Crippen LogP contribution in [-0.2, 0) is 0 Å². The highest BCUT2D eigenvalue weighted by molar-refractivity contribution is 6.37. The summed E-state index contributed by atoms with van der Waals surface area (Å²) in [5.74, 6) is 0. The van der Waals surface area contributed by atoms with Gasteiger partial charge in [0.1, 0.15) is 0 Å². The molecule has 0 radical (unpaired) electrons. The van der Waals surface area contributed by atoms with E-state index >= 15 is 0 Å². The summed E-state index contributed by atoms with van der Waals surface area (Å²) < 4.78 is 0. The normalized spacial score (nSPS) is 12.4. The van der Waals surface area contributed by atoms with Crippen molar-refractivity contribution in [2.45, 2.75) is 0 Å². The van der Waals surface area contributed by atoms with Crippen molar-refractivity contribution in [3.8, 4) is 0 Å². The molecule has 2 aromatic heterocycles. The molecule has 0 bridgehead atoms. The number of hydrogen-bond acceptors (Lipinski definition) is 0. The molecular formula is C30H18N2. The topological polar surface area (TPSA) is 31.6 Å². The minimum absolute atomic E-state index is 1.19. The van der Waals surface area contributed by atoms with Crippen molar-refractivity contribution in [2.24, 2.45) is 0 Å². The van der Waals surface area contributed by atoms with Gasteiger partial charge in [0.25, 0.3) is 0 Å². The summed E-state index contributed by atoms with van der Waals surface area (Å²) >= 11 is 0. The summed E-state index contributed by atoms with van der Waals surface area (Å²) in [7, 11) is 0. The van der Waals surface area contributed by atoms with Crippen molar-refractivity contribution in [3.63, 3.8) is 0 Å². The second-order valence-electron chi connectivity index (χ2n) is 8.74. The number of rotatable bonds is 0. The van der Waals surface area contributed by atoms with Crippen LogP contribution in [0.1, 0.15) is 0 Å². The third kappa shape index (κ3) is 1.95. The zero-order valence-corrected chi connectivity index (χ0v) is 17.2. The number of aromatic nitrogens is 2. The van der Waals surface area contributed by atoms with E-state index in [-0.39, 0.29) is 0 Å². The lowest BCUT2D eigenvalue weighted by atomic mass is 9.95. The molecule has 2 nitrogen and oxygen atoms in total. The van der Waals surface area contributed by atoms with Crippen LogP contribution in [-0.4, -0.2) is 9.97 Å². The van der Waals surface area contributed by atoms with Crippen LogP contribution in [0, 0.1) is 0 Å². The van der Waals surface area contributed by atoms with Crippen molar-refractivity contribution in [1.82, 2.24) is 9.97 Å². The second-order valence-corrected chi connectivity index (χ2v) is 8.74. The second kappa shape index (κ2) is 5.68. The Morgan fingerprint density at radius 3 is 1.22 bits per heavy atom. The molecule has 0 spiro atoms. The molecule has 0 aliphatic carbocycles. The fourth-order valence-electron chi connectivity index (χ4n) is 5.73. The third-order valence-electron chi connectivity index (χ3n) is 7.08. The first-order chi connectivity index (χ1) is 15.9. The highest BCUT2D eigenvalue weighted by atomic mass is 14.7. The Bertz CT molecular complexity index is 1890. The molecule has 0 saturated heterocycles. The Balaban J connectivity index is 1.75. The van der Waals surface area contributed by atoms with Crippen LogP contribution < -0.4 is 0 Å². The summed E-state index contributed by atoms with van der Waals surface area (Å²) in [5.41, 5.74) is 4.75. The minimum atomic E-state index is 1.19. The van der Waals surface area contributed by atoms with E-state index in [1.54, 1.807) is 0 Å². The average Bonchev–Trinajstić information content (AvgIpc) is 3.42. The number of nitrogens with one attached hydrogen (secondary N) is 2. The van der Waals surface area contributed by atoms with Gasteiger partial charge in [-0.3, -0.25) is 0 Å². The highest BCUT2D eigenvalue weighted by Gasteiger charge is 2.17. The van der Waals surface area contributed by atoms with Gasteiger partial charge in [0.05, 0.1) is 0 Å². The molecule has 0 saturated carbocycles. The molecule has 0 amide bonds. The lowest BCUT2D eigenvalue weighted by Gasteiger charge is -2.07. The lowest BCUT2D eigenvalue weighted by molar-refractivity contribution is 1.55. The molecule has 0 aliphatic heterocycles. The molecule has 0 fully saturated rings. The van der Waals surface area contributed by atoms with Crippen LogP contribution in [0.4, 0.5) is 0 Å². The lowest BCUT2D eigenvalue weighted by Crippen LogP contribution is -1.80. The van der Waals surface area contributed by atoms with Gasteiger partial charge in [-0.2, -0.15) is 0 Å². The molecule has 32 heavy (non-hydrogen) atoms. The van der Waals surface area contributed by atoms with E-state index < -0.39 is 0 Å². The quantitative estimate of drug-likeness (QED) is 0.253. The van der Waals surface area contributed by atoms with Gasteiger partial charge in [0, 0.05) is 49.0 Å². The maximum atomic E-state index is 3.69. The van der Waals surface area contributed by atoms with Crippen LogP contribution in [0.3, 0.4) is 0 Å². The van der Waals surface area contributed by atoms with Gasteiger partial charge in [-0.05, 0) is 51.2 Å². The van der Waals surface area contributed by atoms with Gasteiger partial charge < -0.3 is 9.97 Å². The van der Waals surface area contributed by atoms with Crippen molar-refractivity contribution in [3.05, 3.63) is 97.1 Å². The molecular weight excluding hydrogens is 388 g/mol. The van der Waals surface area contributed by atoms with E-state index in [0.717, 1.165) is 0 Å². The minimum Gasteiger partial charge on any atom is -0.354 e. The van der Waals surface area contributed by atoms with E-state index in [9.17, 15) is 0 Å². The van der Waals surface area contributed by atoms with Crippen molar-refractivity contribution < 1.29 is 0 Å². The first kappa shape index (κ1) is 16.4. The maximum absolute atomic E-state index is 3.69. The molecule has 8 rings (SSSR count). The molecule has 148 valence electrons. The van der Waals surface area contributed by atoms with E-state index in [4.69, 9.17) is 0 Å². The number of hydrogen-bond donors (Lipinski definition) is 2. The summed E-state index contributed by atoms with van der Waals surface area (Å²) in [6, 6.07) is 35.2. The van der Waals surface area contributed by atoms with Crippen molar-refractivity contribution >= 4 is 75.9 Å². The first-order valence-electron chi connectivity index (χ1n) is 11.0. The zero-order chi connectivity index (χ0) is 20.8. The molecule has 0 atom stereocenters. The van der Waals surface area contributed by atoms with E-state index in [1.165, 1.54) is 75.9 Å². The van der Waals surface area contributed by atoms with Crippen molar-refractivity contribution in [1.29, 1.82) is 0 Å². The summed E-state index contributed by atoms with van der Waals surface area (Å²) in [5, 5.41) is 13.0. The number of aromatic amines is 2. The molecule has 2 heteroatoms. The predicted octanol–water partition coefficient (Wildman–Crippen LogP) is 8.42. The van der Waals surface area contributed by atoms with E-state index in [2.05, 4.69) is 107 Å². The Morgan fingerprint density at radius 2 is 0.719 bits per heavy atom. The van der Waals surface area contributed by atoms with Gasteiger partial charge in [0.15, 0.2) is 0 Å². The molecule has 0 aliphatic rings. The predicted molar refractivity (Wildman–Crippen MR) is 138 cm³/mol. The molecule has 2 N–H and O–H groups in total. The molecule has 8 aromatic rings. The fourth-order valence-corrected chi connectivity index (χ4v) is 5.73. The Hall–Kier alpha value is -4.30. The number of H-pyrrole nitrogens is 2. The summed E-state index contributed by atoms with van der Waals surface area (Å²) in [4.78, 5) is 7.39. The SMILES string of the molecule is c1ccc2c(c1)ccc1[nH]c3ccc4ccc5[nH]c6ccc7ccccc7c6c5c4c3c12. The van der Waals surface area contributed by atoms with Crippen LogP contribution in [0.25, 0.3) is 75.9 Å². The number of fused-ring (bicyclic) bond motifs is 13. The summed E-state index contributed by atoms with van der Waals surface area (Å²) in [6.45, 7) is 0. The maximum Gasteiger partial charge on any atom is 0.0471 e. The van der Waals surface area contributed by atoms with Gasteiger partial charge in [-0.1, -0.05) is 72.8 Å². The summed E-state index contributed by atoms with van der Waals surface area (Å²) in [6.07, 6.45) is 0. The van der Waals surface area contributed by atoms with E-state index in [0.29, 0.717) is 0 Å². The molecule has 2 heterocycles. The fraction of sp³-hybridized carbons (Fsp3) is 0. The van der Waals surface area contributed by atoms with Crippen LogP contribution >= 0.6 is 0 Å². The Kier molecular flexibility index (Phi) is 2.91. The van der Waals surface area contributed by atoms with Gasteiger partial charge in [0.2, 0.25) is 0 Å². The van der Waals surface area contributed by atoms with Gasteiger partial charge in [-0.25, -0.2) is 0 Å². The standard InChI is InChI=1S/C30H18N2/c1-3-7-20-17(5-1)9-13-22-27(20)29-24(31-22)15-11-19-12-16-25-30(26(19)29)28-21-8-4-2-6-18(21)10-14-23(28)32-25/h1-16,31-32H. The third-order valence-corrected chi connectivity index (χ3v) is 7.08. The Labute approximate surface area is 183 Å². The Morgan fingerprint density at radius 1 is 0.312 bits per heavy atom. The zero-order valence-electron chi connectivity index (χ0n) is 17.2. The first-order valence-corrected chi connectivity index (χ1v) is 11.0.